The van der Waals surface area contributed by atoms with Gasteiger partial charge in [0.25, 0.3) is 0 Å². The highest BCUT2D eigenvalue weighted by atomic mass is 19.2. The fourth-order valence-corrected chi connectivity index (χ4v) is 2.38. The van der Waals surface area contributed by atoms with Crippen molar-refractivity contribution in [2.24, 2.45) is 5.41 Å². The summed E-state index contributed by atoms with van der Waals surface area (Å²) < 4.78 is 25.7. The number of halogens is 2. The van der Waals surface area contributed by atoms with Gasteiger partial charge in [0.1, 0.15) is 0 Å². The lowest BCUT2D eigenvalue weighted by molar-refractivity contribution is 0.378. The molecule has 88 valence electrons. The van der Waals surface area contributed by atoms with Gasteiger partial charge in [0.05, 0.1) is 0 Å². The van der Waals surface area contributed by atoms with Gasteiger partial charge in [0.2, 0.25) is 0 Å². The van der Waals surface area contributed by atoms with E-state index >= 15 is 0 Å². The molecule has 0 aromatic heterocycles. The summed E-state index contributed by atoms with van der Waals surface area (Å²) in [4.78, 5) is 0. The van der Waals surface area contributed by atoms with Crippen LogP contribution in [0.15, 0.2) is 18.2 Å². The van der Waals surface area contributed by atoms with Gasteiger partial charge in [0.15, 0.2) is 11.6 Å². The van der Waals surface area contributed by atoms with Crippen molar-refractivity contribution in [3.63, 3.8) is 0 Å². The molecule has 1 aromatic carbocycles. The van der Waals surface area contributed by atoms with Crippen LogP contribution in [0.25, 0.3) is 0 Å². The molecule has 0 radical (unpaired) electrons. The molecule has 16 heavy (non-hydrogen) atoms. The summed E-state index contributed by atoms with van der Waals surface area (Å²) in [5.74, 6) is -1.58. The SMILES string of the molecule is CC1(C)CCC(Nc2ccc(F)c(F)c2)C1. The minimum atomic E-state index is -0.794. The maximum absolute atomic E-state index is 13.0. The number of benzene rings is 1. The van der Waals surface area contributed by atoms with E-state index in [4.69, 9.17) is 0 Å². The molecule has 1 atom stereocenters. The van der Waals surface area contributed by atoms with Gasteiger partial charge in [-0.25, -0.2) is 8.78 Å². The first-order valence-corrected chi connectivity index (χ1v) is 5.68. The Morgan fingerprint density at radius 1 is 1.25 bits per heavy atom. The summed E-state index contributed by atoms with van der Waals surface area (Å²) in [6.07, 6.45) is 3.34. The minimum absolute atomic E-state index is 0.357. The Bertz CT molecular complexity index is 388. The van der Waals surface area contributed by atoms with Crippen LogP contribution in [0.5, 0.6) is 0 Å². The van der Waals surface area contributed by atoms with Gasteiger partial charge < -0.3 is 5.32 Å². The fourth-order valence-electron chi connectivity index (χ4n) is 2.38. The Hall–Kier alpha value is -1.12. The predicted octanol–water partition coefficient (Wildman–Crippen LogP) is 3.96. The second-order valence-electron chi connectivity index (χ2n) is 5.38. The molecule has 3 heteroatoms. The largest absolute Gasteiger partial charge is 0.382 e. The quantitative estimate of drug-likeness (QED) is 0.803. The molecule has 1 unspecified atom stereocenters. The topological polar surface area (TPSA) is 12.0 Å². The average Bonchev–Trinajstić information content (AvgIpc) is 2.52. The third-order valence-corrected chi connectivity index (χ3v) is 3.26. The molecule has 1 nitrogen and oxygen atoms in total. The van der Waals surface area contributed by atoms with E-state index in [2.05, 4.69) is 19.2 Å². The van der Waals surface area contributed by atoms with Gasteiger partial charge in [0, 0.05) is 17.8 Å². The number of rotatable bonds is 2. The van der Waals surface area contributed by atoms with Gasteiger partial charge in [-0.15, -0.1) is 0 Å². The Morgan fingerprint density at radius 2 is 2.00 bits per heavy atom. The molecule has 0 bridgehead atoms. The van der Waals surface area contributed by atoms with Crippen molar-refractivity contribution >= 4 is 5.69 Å². The molecule has 0 heterocycles. The summed E-state index contributed by atoms with van der Waals surface area (Å²) in [5.41, 5.74) is 1.03. The number of nitrogens with one attached hydrogen (secondary N) is 1. The van der Waals surface area contributed by atoms with Gasteiger partial charge in [-0.1, -0.05) is 13.8 Å². The third kappa shape index (κ3) is 2.52. The highest BCUT2D eigenvalue weighted by molar-refractivity contribution is 5.44. The molecular weight excluding hydrogens is 208 g/mol. The maximum Gasteiger partial charge on any atom is 0.160 e. The normalized spacial score (nSPS) is 23.4. The van der Waals surface area contributed by atoms with Gasteiger partial charge >= 0.3 is 0 Å². The van der Waals surface area contributed by atoms with Gasteiger partial charge in [-0.2, -0.15) is 0 Å². The Morgan fingerprint density at radius 3 is 2.56 bits per heavy atom. The van der Waals surface area contributed by atoms with Crippen molar-refractivity contribution in [1.29, 1.82) is 0 Å². The molecule has 1 saturated carbocycles. The van der Waals surface area contributed by atoms with Crippen molar-refractivity contribution in [3.05, 3.63) is 29.8 Å². The van der Waals surface area contributed by atoms with Crippen LogP contribution < -0.4 is 5.32 Å². The zero-order valence-corrected chi connectivity index (χ0v) is 9.69. The zero-order valence-electron chi connectivity index (χ0n) is 9.69. The molecule has 0 saturated heterocycles. The Balaban J connectivity index is 2.02. The first kappa shape index (κ1) is 11.4. The van der Waals surface area contributed by atoms with E-state index in [9.17, 15) is 8.78 Å². The molecule has 0 spiro atoms. The second kappa shape index (κ2) is 4.04. The monoisotopic (exact) mass is 225 g/mol. The van der Waals surface area contributed by atoms with Crippen LogP contribution in [0.4, 0.5) is 14.5 Å². The minimum Gasteiger partial charge on any atom is -0.382 e. The molecule has 1 aliphatic carbocycles. The lowest BCUT2D eigenvalue weighted by atomic mass is 9.92. The van der Waals surface area contributed by atoms with Crippen molar-refractivity contribution in [3.8, 4) is 0 Å². The smallest absolute Gasteiger partial charge is 0.160 e. The third-order valence-electron chi connectivity index (χ3n) is 3.26. The first-order valence-electron chi connectivity index (χ1n) is 5.68. The Labute approximate surface area is 94.9 Å². The lowest BCUT2D eigenvalue weighted by Gasteiger charge is -2.18. The molecule has 1 aromatic rings. The van der Waals surface area contributed by atoms with Crippen LogP contribution in [0.3, 0.4) is 0 Å². The molecule has 2 rings (SSSR count). The van der Waals surface area contributed by atoms with Crippen LogP contribution in [0, 0.1) is 17.0 Å². The first-order chi connectivity index (χ1) is 7.46. The highest BCUT2D eigenvalue weighted by Gasteiger charge is 2.30. The highest BCUT2D eigenvalue weighted by Crippen LogP contribution is 2.38. The standard InChI is InChI=1S/C13H17F2N/c1-13(2)6-5-10(8-13)16-9-3-4-11(14)12(15)7-9/h3-4,7,10,16H,5-6,8H2,1-2H3. The number of anilines is 1. The van der Waals surface area contributed by atoms with Crippen LogP contribution >= 0.6 is 0 Å². The van der Waals surface area contributed by atoms with E-state index in [1.54, 1.807) is 6.07 Å². The van der Waals surface area contributed by atoms with E-state index in [1.807, 2.05) is 0 Å². The zero-order chi connectivity index (χ0) is 11.8. The van der Waals surface area contributed by atoms with Crippen LogP contribution in [0.2, 0.25) is 0 Å². The average molecular weight is 225 g/mol. The van der Waals surface area contributed by atoms with Gasteiger partial charge in [-0.3, -0.25) is 0 Å². The summed E-state index contributed by atoms with van der Waals surface area (Å²) in [6.45, 7) is 4.47. The van der Waals surface area contributed by atoms with E-state index in [0.717, 1.165) is 18.9 Å². The predicted molar refractivity (Wildman–Crippen MR) is 61.4 cm³/mol. The van der Waals surface area contributed by atoms with Gasteiger partial charge in [-0.05, 0) is 36.8 Å². The second-order valence-corrected chi connectivity index (χ2v) is 5.38. The van der Waals surface area contributed by atoms with Crippen LogP contribution in [-0.4, -0.2) is 6.04 Å². The van der Waals surface area contributed by atoms with E-state index in [-0.39, 0.29) is 0 Å². The van der Waals surface area contributed by atoms with Crippen LogP contribution in [0.1, 0.15) is 33.1 Å². The molecule has 1 fully saturated rings. The summed E-state index contributed by atoms with van der Waals surface area (Å²) in [7, 11) is 0. The maximum atomic E-state index is 13.0. The van der Waals surface area contributed by atoms with Crippen molar-refractivity contribution in [2.75, 3.05) is 5.32 Å². The Kier molecular flexibility index (Phi) is 2.87. The summed E-state index contributed by atoms with van der Waals surface area (Å²) >= 11 is 0. The molecular formula is C13H17F2N. The fraction of sp³-hybridized carbons (Fsp3) is 0.538. The number of hydrogen-bond donors (Lipinski definition) is 1. The summed E-state index contributed by atoms with van der Waals surface area (Å²) in [5, 5.41) is 3.26. The molecule has 0 amide bonds. The van der Waals surface area contributed by atoms with E-state index in [1.165, 1.54) is 12.5 Å². The lowest BCUT2D eigenvalue weighted by Crippen LogP contribution is -2.17. The van der Waals surface area contributed by atoms with Crippen molar-refractivity contribution < 1.29 is 8.78 Å². The van der Waals surface area contributed by atoms with Crippen LogP contribution in [-0.2, 0) is 0 Å². The molecule has 1 N–H and O–H groups in total. The van der Waals surface area contributed by atoms with E-state index < -0.39 is 11.6 Å². The molecule has 1 aliphatic rings. The molecule has 0 aliphatic heterocycles. The summed E-state index contributed by atoms with van der Waals surface area (Å²) in [6, 6.07) is 4.35. The number of hydrogen-bond acceptors (Lipinski definition) is 1. The van der Waals surface area contributed by atoms with Crippen molar-refractivity contribution in [1.82, 2.24) is 0 Å². The van der Waals surface area contributed by atoms with E-state index in [0.29, 0.717) is 17.1 Å². The van der Waals surface area contributed by atoms with Crippen molar-refractivity contribution in [2.45, 2.75) is 39.2 Å².